The minimum atomic E-state index is -3.92. The Morgan fingerprint density at radius 2 is 2.22 bits per heavy atom. The van der Waals surface area contributed by atoms with Crippen LogP contribution in [0.25, 0.3) is 0 Å². The molecule has 18 heavy (non-hydrogen) atoms. The summed E-state index contributed by atoms with van der Waals surface area (Å²) in [4.78, 5) is 10.7. The molecule has 98 valence electrons. The molecular weight excluding hydrogens is 258 g/mol. The Hall–Kier alpha value is -1.76. The lowest BCUT2D eigenvalue weighted by Gasteiger charge is -2.11. The molecule has 1 aromatic rings. The van der Waals surface area contributed by atoms with E-state index in [9.17, 15) is 13.2 Å². The first-order chi connectivity index (χ1) is 8.40. The van der Waals surface area contributed by atoms with Crippen molar-refractivity contribution in [3.05, 3.63) is 23.8 Å². The molecule has 2 N–H and O–H groups in total. The Balaban J connectivity index is 2.22. The SMILES string of the molecule is CC(C(=O)O)S(=O)(=O)Nc1ccc2c(c1)CCO2. The molecule has 0 saturated heterocycles. The Morgan fingerprint density at radius 3 is 2.89 bits per heavy atom. The molecule has 6 nitrogen and oxygen atoms in total. The van der Waals surface area contributed by atoms with Gasteiger partial charge in [0.2, 0.25) is 10.0 Å². The molecule has 1 aliphatic heterocycles. The number of anilines is 1. The molecule has 1 atom stereocenters. The normalized spacial score (nSPS) is 15.6. The minimum Gasteiger partial charge on any atom is -0.493 e. The number of benzene rings is 1. The summed E-state index contributed by atoms with van der Waals surface area (Å²) in [5.74, 6) is -0.642. The smallest absolute Gasteiger partial charge is 0.323 e. The van der Waals surface area contributed by atoms with Crippen molar-refractivity contribution in [2.45, 2.75) is 18.6 Å². The third-order valence-corrected chi connectivity index (χ3v) is 4.42. The lowest BCUT2D eigenvalue weighted by molar-refractivity contribution is -0.136. The van der Waals surface area contributed by atoms with Crippen LogP contribution in [0.2, 0.25) is 0 Å². The summed E-state index contributed by atoms with van der Waals surface area (Å²) < 4.78 is 31.0. The van der Waals surface area contributed by atoms with Gasteiger partial charge in [0.1, 0.15) is 5.75 Å². The Morgan fingerprint density at radius 1 is 1.50 bits per heavy atom. The number of rotatable bonds is 4. The van der Waals surface area contributed by atoms with Gasteiger partial charge in [0, 0.05) is 12.1 Å². The largest absolute Gasteiger partial charge is 0.493 e. The number of nitrogens with one attached hydrogen (secondary N) is 1. The highest BCUT2D eigenvalue weighted by molar-refractivity contribution is 7.94. The third kappa shape index (κ3) is 2.40. The molecule has 0 radical (unpaired) electrons. The highest BCUT2D eigenvalue weighted by Gasteiger charge is 2.27. The fourth-order valence-electron chi connectivity index (χ4n) is 1.64. The quantitative estimate of drug-likeness (QED) is 0.846. The number of carbonyl (C=O) groups is 1. The Kier molecular flexibility index (Phi) is 3.16. The molecule has 0 fully saturated rings. The average Bonchev–Trinajstić information content (AvgIpc) is 2.74. The van der Waals surface area contributed by atoms with Gasteiger partial charge in [0.05, 0.1) is 6.61 Å². The summed E-state index contributed by atoms with van der Waals surface area (Å²) in [5.41, 5.74) is 1.27. The maximum absolute atomic E-state index is 11.7. The van der Waals surface area contributed by atoms with Crippen LogP contribution in [0, 0.1) is 0 Å². The van der Waals surface area contributed by atoms with E-state index in [4.69, 9.17) is 9.84 Å². The molecule has 1 heterocycles. The van der Waals surface area contributed by atoms with Gasteiger partial charge in [-0.1, -0.05) is 0 Å². The molecule has 1 aliphatic rings. The van der Waals surface area contributed by atoms with Gasteiger partial charge in [-0.25, -0.2) is 8.42 Å². The van der Waals surface area contributed by atoms with Gasteiger partial charge in [-0.2, -0.15) is 0 Å². The molecule has 7 heteroatoms. The summed E-state index contributed by atoms with van der Waals surface area (Å²) in [5, 5.41) is 7.21. The van der Waals surface area contributed by atoms with E-state index in [0.29, 0.717) is 12.3 Å². The summed E-state index contributed by atoms with van der Waals surface area (Å²) in [7, 11) is -3.92. The van der Waals surface area contributed by atoms with Crippen LogP contribution in [0.5, 0.6) is 5.75 Å². The van der Waals surface area contributed by atoms with Crippen LogP contribution in [0.4, 0.5) is 5.69 Å². The van der Waals surface area contributed by atoms with Crippen LogP contribution in [0.3, 0.4) is 0 Å². The van der Waals surface area contributed by atoms with Gasteiger partial charge in [-0.3, -0.25) is 9.52 Å². The van der Waals surface area contributed by atoms with E-state index >= 15 is 0 Å². The predicted molar refractivity (Wildman–Crippen MR) is 65.3 cm³/mol. The fourth-order valence-corrected chi connectivity index (χ4v) is 2.53. The standard InChI is InChI=1S/C11H13NO5S/c1-7(11(13)14)18(15,16)12-9-2-3-10-8(6-9)4-5-17-10/h2-3,6-7,12H,4-5H2,1H3,(H,13,14). The zero-order valence-corrected chi connectivity index (χ0v) is 10.5. The third-order valence-electron chi connectivity index (χ3n) is 2.76. The molecular formula is C11H13NO5S. The zero-order valence-electron chi connectivity index (χ0n) is 9.71. The number of sulfonamides is 1. The number of carboxylic acids is 1. The number of aliphatic carboxylic acids is 1. The molecule has 1 unspecified atom stereocenters. The summed E-state index contributed by atoms with van der Waals surface area (Å²) in [6.45, 7) is 1.71. The van der Waals surface area contributed by atoms with Crippen molar-refractivity contribution in [2.75, 3.05) is 11.3 Å². The average molecular weight is 271 g/mol. The van der Waals surface area contributed by atoms with Gasteiger partial charge < -0.3 is 9.84 Å². The van der Waals surface area contributed by atoms with Gasteiger partial charge in [0.15, 0.2) is 5.25 Å². The topological polar surface area (TPSA) is 92.7 Å². The van der Waals surface area contributed by atoms with Crippen LogP contribution in [0.1, 0.15) is 12.5 Å². The monoisotopic (exact) mass is 271 g/mol. The maximum atomic E-state index is 11.7. The summed E-state index contributed by atoms with van der Waals surface area (Å²) in [6, 6.07) is 4.89. The first-order valence-electron chi connectivity index (χ1n) is 5.40. The minimum absolute atomic E-state index is 0.354. The van der Waals surface area contributed by atoms with Crippen molar-refractivity contribution in [3.63, 3.8) is 0 Å². The zero-order chi connectivity index (χ0) is 13.3. The van der Waals surface area contributed by atoms with Crippen LogP contribution >= 0.6 is 0 Å². The van der Waals surface area contributed by atoms with E-state index < -0.39 is 21.2 Å². The highest BCUT2D eigenvalue weighted by Crippen LogP contribution is 2.28. The molecule has 0 bridgehead atoms. The molecule has 1 aromatic carbocycles. The Bertz CT molecular complexity index is 581. The maximum Gasteiger partial charge on any atom is 0.323 e. The number of hydrogen-bond donors (Lipinski definition) is 2. The van der Waals surface area contributed by atoms with E-state index in [0.717, 1.165) is 24.7 Å². The van der Waals surface area contributed by atoms with Crippen LogP contribution in [-0.4, -0.2) is 31.4 Å². The molecule has 0 amide bonds. The number of carboxylic acid groups (broad SMARTS) is 1. The van der Waals surface area contributed by atoms with Crippen molar-refractivity contribution in [2.24, 2.45) is 0 Å². The van der Waals surface area contributed by atoms with E-state index in [1.807, 2.05) is 0 Å². The van der Waals surface area contributed by atoms with Gasteiger partial charge in [-0.15, -0.1) is 0 Å². The fraction of sp³-hybridized carbons (Fsp3) is 0.364. The van der Waals surface area contributed by atoms with Gasteiger partial charge in [-0.05, 0) is 30.7 Å². The van der Waals surface area contributed by atoms with Crippen molar-refractivity contribution >= 4 is 21.7 Å². The van der Waals surface area contributed by atoms with E-state index in [1.54, 1.807) is 18.2 Å². The van der Waals surface area contributed by atoms with Crippen LogP contribution < -0.4 is 9.46 Å². The first-order valence-corrected chi connectivity index (χ1v) is 6.95. The molecule has 2 rings (SSSR count). The number of ether oxygens (including phenoxy) is 1. The van der Waals surface area contributed by atoms with Gasteiger partial charge in [0.25, 0.3) is 0 Å². The van der Waals surface area contributed by atoms with E-state index in [1.165, 1.54) is 0 Å². The summed E-state index contributed by atoms with van der Waals surface area (Å²) in [6.07, 6.45) is 0.722. The molecule has 0 aliphatic carbocycles. The van der Waals surface area contributed by atoms with Crippen molar-refractivity contribution in [3.8, 4) is 5.75 Å². The number of hydrogen-bond acceptors (Lipinski definition) is 4. The van der Waals surface area contributed by atoms with Crippen LogP contribution in [-0.2, 0) is 21.2 Å². The second-order valence-corrected chi connectivity index (χ2v) is 6.05. The molecule has 0 spiro atoms. The van der Waals surface area contributed by atoms with Crippen molar-refractivity contribution in [1.82, 2.24) is 0 Å². The molecule has 0 aromatic heterocycles. The second kappa shape index (κ2) is 4.49. The lowest BCUT2D eigenvalue weighted by Crippen LogP contribution is -2.32. The number of fused-ring (bicyclic) bond motifs is 1. The Labute approximate surface area is 105 Å². The van der Waals surface area contributed by atoms with Crippen molar-refractivity contribution < 1.29 is 23.1 Å². The second-order valence-electron chi connectivity index (χ2n) is 4.05. The van der Waals surface area contributed by atoms with Gasteiger partial charge >= 0.3 is 5.97 Å². The lowest BCUT2D eigenvalue weighted by atomic mass is 10.1. The van der Waals surface area contributed by atoms with E-state index in [-0.39, 0.29) is 0 Å². The highest BCUT2D eigenvalue weighted by atomic mass is 32.2. The summed E-state index contributed by atoms with van der Waals surface area (Å²) >= 11 is 0. The molecule has 0 saturated carbocycles. The van der Waals surface area contributed by atoms with Crippen molar-refractivity contribution in [1.29, 1.82) is 0 Å². The van der Waals surface area contributed by atoms with Crippen LogP contribution in [0.15, 0.2) is 18.2 Å². The first kappa shape index (κ1) is 12.7. The predicted octanol–water partition coefficient (Wildman–Crippen LogP) is 0.836. The van der Waals surface area contributed by atoms with E-state index in [2.05, 4.69) is 4.72 Å².